The number of nitrogens with one attached hydrogen (secondary N) is 1. The van der Waals surface area contributed by atoms with Crippen molar-refractivity contribution in [3.8, 4) is 5.75 Å². The van der Waals surface area contributed by atoms with Gasteiger partial charge in [-0.3, -0.25) is 4.79 Å². The van der Waals surface area contributed by atoms with Gasteiger partial charge in [-0.05, 0) is 37.0 Å². The van der Waals surface area contributed by atoms with Gasteiger partial charge in [0.15, 0.2) is 9.96 Å². The van der Waals surface area contributed by atoms with Crippen LogP contribution in [-0.4, -0.2) is 28.0 Å². The Morgan fingerprint density at radius 2 is 2.18 bits per heavy atom. The SMILES string of the molecule is COc1cc(C(=O)NCC2(C3CC3)CCC2)sc1S(N)(=O)=O. The number of nitrogens with two attached hydrogens (primary N) is 1. The van der Waals surface area contributed by atoms with Gasteiger partial charge in [-0.1, -0.05) is 6.42 Å². The molecule has 1 aromatic rings. The predicted octanol–water partition coefficient (Wildman–Crippen LogP) is 1.71. The third-order valence-corrected chi connectivity index (χ3v) is 7.34. The number of methoxy groups -OCH3 is 1. The van der Waals surface area contributed by atoms with Crippen LogP contribution in [0.25, 0.3) is 0 Å². The van der Waals surface area contributed by atoms with E-state index >= 15 is 0 Å². The fourth-order valence-electron chi connectivity index (χ4n) is 3.21. The lowest BCUT2D eigenvalue weighted by molar-refractivity contribution is 0.0784. The molecule has 2 aliphatic rings. The molecular weight excluding hydrogens is 324 g/mol. The zero-order chi connectivity index (χ0) is 16.0. The number of hydrogen-bond donors (Lipinski definition) is 2. The third kappa shape index (κ3) is 2.87. The summed E-state index contributed by atoms with van der Waals surface area (Å²) in [7, 11) is -2.53. The summed E-state index contributed by atoms with van der Waals surface area (Å²) in [6, 6.07) is 1.43. The van der Waals surface area contributed by atoms with Crippen LogP contribution in [0.3, 0.4) is 0 Å². The van der Waals surface area contributed by atoms with E-state index in [1.807, 2.05) is 0 Å². The number of primary sulfonamides is 1. The van der Waals surface area contributed by atoms with Gasteiger partial charge in [0.1, 0.15) is 0 Å². The zero-order valence-electron chi connectivity index (χ0n) is 12.4. The fraction of sp³-hybridized carbons (Fsp3) is 0.643. The standard InChI is InChI=1S/C14H20N2O4S2/c1-20-10-7-11(21-13(10)22(15,18)19)12(17)16-8-14(5-2-6-14)9-3-4-9/h7,9H,2-6,8H2,1H3,(H,16,17)(H2,15,18,19). The molecular formula is C14H20N2O4S2. The number of thiophene rings is 1. The molecule has 0 bridgehead atoms. The minimum absolute atomic E-state index is 0.110. The van der Waals surface area contributed by atoms with Crippen molar-refractivity contribution in [1.29, 1.82) is 0 Å². The molecule has 0 spiro atoms. The summed E-state index contributed by atoms with van der Waals surface area (Å²) in [5.41, 5.74) is 0.278. The number of hydrogen-bond acceptors (Lipinski definition) is 5. The van der Waals surface area contributed by atoms with E-state index in [1.165, 1.54) is 45.3 Å². The van der Waals surface area contributed by atoms with Crippen molar-refractivity contribution < 1.29 is 17.9 Å². The fourth-order valence-corrected chi connectivity index (χ4v) is 5.14. The summed E-state index contributed by atoms with van der Waals surface area (Å²) < 4.78 is 27.9. The molecule has 2 saturated carbocycles. The van der Waals surface area contributed by atoms with Crippen molar-refractivity contribution >= 4 is 27.3 Å². The monoisotopic (exact) mass is 344 g/mol. The highest BCUT2D eigenvalue weighted by molar-refractivity contribution is 7.91. The van der Waals surface area contributed by atoms with Gasteiger partial charge in [0.25, 0.3) is 15.9 Å². The van der Waals surface area contributed by atoms with Crippen LogP contribution in [0.4, 0.5) is 0 Å². The molecule has 0 atom stereocenters. The van der Waals surface area contributed by atoms with Crippen molar-refractivity contribution in [2.24, 2.45) is 16.5 Å². The van der Waals surface area contributed by atoms with Crippen LogP contribution in [0.1, 0.15) is 41.8 Å². The van der Waals surface area contributed by atoms with Crippen molar-refractivity contribution in [3.63, 3.8) is 0 Å². The molecule has 122 valence electrons. The molecule has 0 aromatic carbocycles. The Labute approximate surface area is 134 Å². The van der Waals surface area contributed by atoms with Gasteiger partial charge >= 0.3 is 0 Å². The Hall–Kier alpha value is -1.12. The number of rotatable bonds is 6. The summed E-state index contributed by atoms with van der Waals surface area (Å²) in [4.78, 5) is 12.6. The smallest absolute Gasteiger partial charge is 0.261 e. The minimum Gasteiger partial charge on any atom is -0.494 e. The highest BCUT2D eigenvalue weighted by Crippen LogP contribution is 2.56. The summed E-state index contributed by atoms with van der Waals surface area (Å²) in [5, 5.41) is 8.10. The van der Waals surface area contributed by atoms with Gasteiger partial charge in [0, 0.05) is 12.6 Å². The number of amides is 1. The van der Waals surface area contributed by atoms with Crippen molar-refractivity contribution in [3.05, 3.63) is 10.9 Å². The molecule has 2 aliphatic carbocycles. The van der Waals surface area contributed by atoms with Gasteiger partial charge in [0.05, 0.1) is 12.0 Å². The molecule has 0 aliphatic heterocycles. The van der Waals surface area contributed by atoms with Crippen LogP contribution in [0.15, 0.2) is 10.3 Å². The lowest BCUT2D eigenvalue weighted by atomic mass is 9.65. The maximum atomic E-state index is 12.3. The Balaban J connectivity index is 1.71. The van der Waals surface area contributed by atoms with Crippen molar-refractivity contribution in [1.82, 2.24) is 5.32 Å². The highest BCUT2D eigenvalue weighted by Gasteiger charge is 2.48. The van der Waals surface area contributed by atoms with E-state index in [1.54, 1.807) is 0 Å². The zero-order valence-corrected chi connectivity index (χ0v) is 14.1. The molecule has 6 nitrogen and oxygen atoms in total. The van der Waals surface area contributed by atoms with Crippen molar-refractivity contribution in [2.45, 2.75) is 36.3 Å². The summed E-state index contributed by atoms with van der Waals surface area (Å²) >= 11 is 0.849. The number of sulfonamides is 1. The van der Waals surface area contributed by atoms with Crippen LogP contribution in [0, 0.1) is 11.3 Å². The number of carbonyl (C=O) groups is 1. The van der Waals surface area contributed by atoms with Gasteiger partial charge < -0.3 is 10.1 Å². The molecule has 1 aromatic heterocycles. The molecule has 0 unspecified atom stereocenters. The van der Waals surface area contributed by atoms with Crippen LogP contribution in [-0.2, 0) is 10.0 Å². The number of ether oxygens (including phenoxy) is 1. The first-order chi connectivity index (χ1) is 10.4. The molecule has 0 radical (unpaired) electrons. The van der Waals surface area contributed by atoms with Gasteiger partial charge in [0.2, 0.25) is 0 Å². The Bertz CT molecular complexity index is 688. The lowest BCUT2D eigenvalue weighted by Gasteiger charge is -2.42. The van der Waals surface area contributed by atoms with E-state index < -0.39 is 10.0 Å². The van der Waals surface area contributed by atoms with E-state index in [0.717, 1.165) is 17.3 Å². The van der Waals surface area contributed by atoms with E-state index in [9.17, 15) is 13.2 Å². The second kappa shape index (κ2) is 5.50. The number of carbonyl (C=O) groups excluding carboxylic acids is 1. The van der Waals surface area contributed by atoms with Crippen LogP contribution in [0.2, 0.25) is 0 Å². The van der Waals surface area contributed by atoms with E-state index in [4.69, 9.17) is 9.88 Å². The van der Waals surface area contributed by atoms with E-state index in [2.05, 4.69) is 5.32 Å². The van der Waals surface area contributed by atoms with Gasteiger partial charge in [-0.15, -0.1) is 11.3 Å². The maximum absolute atomic E-state index is 12.3. The largest absolute Gasteiger partial charge is 0.494 e. The Kier molecular flexibility index (Phi) is 3.94. The van der Waals surface area contributed by atoms with E-state index in [0.29, 0.717) is 11.4 Å². The second-order valence-electron chi connectivity index (χ2n) is 6.18. The minimum atomic E-state index is -3.89. The third-order valence-electron chi connectivity index (χ3n) is 4.76. The molecule has 2 fully saturated rings. The Morgan fingerprint density at radius 1 is 1.50 bits per heavy atom. The topological polar surface area (TPSA) is 98.5 Å². The molecule has 22 heavy (non-hydrogen) atoms. The van der Waals surface area contributed by atoms with Crippen LogP contribution < -0.4 is 15.2 Å². The second-order valence-corrected chi connectivity index (χ2v) is 8.99. The summed E-state index contributed by atoms with van der Waals surface area (Å²) in [6.45, 7) is 0.668. The first kappa shape index (κ1) is 15.8. The molecule has 1 amide bonds. The normalized spacial score (nSPS) is 20.3. The lowest BCUT2D eigenvalue weighted by Crippen LogP contribution is -2.43. The summed E-state index contributed by atoms with van der Waals surface area (Å²) in [5.74, 6) is 0.614. The average Bonchev–Trinajstić information content (AvgIpc) is 3.14. The molecule has 8 heteroatoms. The Morgan fingerprint density at radius 3 is 2.59 bits per heavy atom. The van der Waals surface area contributed by atoms with Crippen LogP contribution >= 0.6 is 11.3 Å². The van der Waals surface area contributed by atoms with E-state index in [-0.39, 0.29) is 21.3 Å². The quantitative estimate of drug-likeness (QED) is 0.821. The maximum Gasteiger partial charge on any atom is 0.261 e. The van der Waals surface area contributed by atoms with Gasteiger partial charge in [-0.25, -0.2) is 13.6 Å². The van der Waals surface area contributed by atoms with Gasteiger partial charge in [-0.2, -0.15) is 0 Å². The molecule has 0 saturated heterocycles. The first-order valence-electron chi connectivity index (χ1n) is 7.34. The molecule has 1 heterocycles. The average molecular weight is 344 g/mol. The van der Waals surface area contributed by atoms with Crippen molar-refractivity contribution in [2.75, 3.05) is 13.7 Å². The summed E-state index contributed by atoms with van der Waals surface area (Å²) in [6.07, 6.45) is 6.10. The highest BCUT2D eigenvalue weighted by atomic mass is 32.2. The molecule has 3 rings (SSSR count). The first-order valence-corrected chi connectivity index (χ1v) is 9.71. The van der Waals surface area contributed by atoms with Crippen LogP contribution in [0.5, 0.6) is 5.75 Å². The predicted molar refractivity (Wildman–Crippen MR) is 83.6 cm³/mol. The molecule has 3 N–H and O–H groups in total.